The molecule has 144 valence electrons. The third-order valence-corrected chi connectivity index (χ3v) is 4.73. The Morgan fingerprint density at radius 3 is 2.76 bits per heavy atom. The maximum atomic E-state index is 11.7. The lowest BCUT2D eigenvalue weighted by molar-refractivity contribution is -0.385. The maximum absolute atomic E-state index is 11.7. The van der Waals surface area contributed by atoms with Gasteiger partial charge in [-0.1, -0.05) is 28.1 Å². The van der Waals surface area contributed by atoms with Crippen LogP contribution in [0.15, 0.2) is 65.8 Å². The largest absolute Gasteiger partial charge is 0.431 e. The van der Waals surface area contributed by atoms with Gasteiger partial charge in [-0.25, -0.2) is 4.98 Å². The zero-order valence-electron chi connectivity index (χ0n) is 14.8. The monoisotopic (exact) mass is 452 g/mol. The van der Waals surface area contributed by atoms with Crippen LogP contribution in [0.4, 0.5) is 11.5 Å². The molecule has 1 N–H and O–H groups in total. The van der Waals surface area contributed by atoms with Gasteiger partial charge in [-0.05, 0) is 29.8 Å². The quantitative estimate of drug-likeness (QED) is 0.335. The first-order valence-electron chi connectivity index (χ1n) is 8.46. The minimum atomic E-state index is -0.574. The molecule has 0 amide bonds. The Balaban J connectivity index is 1.70. The van der Waals surface area contributed by atoms with Gasteiger partial charge < -0.3 is 10.1 Å². The number of nitrogens with one attached hydrogen (secondary N) is 1. The van der Waals surface area contributed by atoms with Crippen molar-refractivity contribution in [3.63, 3.8) is 0 Å². The highest BCUT2D eigenvalue weighted by atomic mass is 79.9. The second kappa shape index (κ2) is 8.15. The highest BCUT2D eigenvalue weighted by molar-refractivity contribution is 9.10. The number of hydrogen-bond acceptors (Lipinski definition) is 8. The Labute approximate surface area is 173 Å². The Morgan fingerprint density at radius 2 is 1.97 bits per heavy atom. The smallest absolute Gasteiger partial charge is 0.373 e. The molecule has 3 heterocycles. The van der Waals surface area contributed by atoms with Crippen molar-refractivity contribution >= 4 is 38.3 Å². The summed E-state index contributed by atoms with van der Waals surface area (Å²) in [7, 11) is 0. The molecule has 4 rings (SSSR count). The zero-order valence-corrected chi connectivity index (χ0v) is 16.4. The van der Waals surface area contributed by atoms with Crippen molar-refractivity contribution in [2.45, 2.75) is 6.54 Å². The molecular weight excluding hydrogens is 440 g/mol. The van der Waals surface area contributed by atoms with E-state index in [-0.39, 0.29) is 17.4 Å². The van der Waals surface area contributed by atoms with E-state index < -0.39 is 4.92 Å². The molecular formula is C19H13BrN6O3. The molecule has 0 atom stereocenters. The van der Waals surface area contributed by atoms with E-state index in [0.717, 1.165) is 15.4 Å². The molecule has 0 saturated carbocycles. The van der Waals surface area contributed by atoms with Crippen molar-refractivity contribution < 1.29 is 9.66 Å². The molecule has 4 aromatic rings. The minimum Gasteiger partial charge on any atom is -0.431 e. The van der Waals surface area contributed by atoms with Gasteiger partial charge in [0, 0.05) is 35.0 Å². The van der Waals surface area contributed by atoms with Gasteiger partial charge in [-0.2, -0.15) is 4.98 Å². The first-order chi connectivity index (χ1) is 14.1. The van der Waals surface area contributed by atoms with Crippen molar-refractivity contribution in [1.82, 2.24) is 19.9 Å². The van der Waals surface area contributed by atoms with Gasteiger partial charge in [0.1, 0.15) is 11.8 Å². The average molecular weight is 453 g/mol. The van der Waals surface area contributed by atoms with Crippen LogP contribution >= 0.6 is 15.9 Å². The fourth-order valence-electron chi connectivity index (χ4n) is 2.72. The highest BCUT2D eigenvalue weighted by Crippen LogP contribution is 2.37. The number of nitro groups is 1. The topological polar surface area (TPSA) is 116 Å². The molecule has 0 spiro atoms. The summed E-state index contributed by atoms with van der Waals surface area (Å²) in [5, 5.41) is 15.5. The van der Waals surface area contributed by atoms with E-state index in [4.69, 9.17) is 4.74 Å². The van der Waals surface area contributed by atoms with Crippen LogP contribution in [0, 0.1) is 10.1 Å². The number of anilines is 1. The van der Waals surface area contributed by atoms with Crippen molar-refractivity contribution in [2.24, 2.45) is 0 Å². The summed E-state index contributed by atoms with van der Waals surface area (Å²) in [6.45, 7) is 0.313. The molecule has 3 aromatic heterocycles. The van der Waals surface area contributed by atoms with Crippen LogP contribution in [0.5, 0.6) is 11.6 Å². The van der Waals surface area contributed by atoms with Crippen LogP contribution in [-0.2, 0) is 6.54 Å². The van der Waals surface area contributed by atoms with Crippen LogP contribution in [0.3, 0.4) is 0 Å². The van der Waals surface area contributed by atoms with E-state index in [1.165, 1.54) is 6.33 Å². The minimum absolute atomic E-state index is 0.0539. The molecule has 0 fully saturated rings. The number of aromatic nitrogens is 4. The number of hydrogen-bond donors (Lipinski definition) is 1. The van der Waals surface area contributed by atoms with Crippen LogP contribution < -0.4 is 10.1 Å². The third kappa shape index (κ3) is 3.97. The summed E-state index contributed by atoms with van der Waals surface area (Å²) in [4.78, 5) is 27.5. The molecule has 0 aliphatic carbocycles. The van der Waals surface area contributed by atoms with Crippen molar-refractivity contribution in [2.75, 3.05) is 5.32 Å². The Kier molecular flexibility index (Phi) is 5.25. The van der Waals surface area contributed by atoms with E-state index in [1.54, 1.807) is 42.9 Å². The normalized spacial score (nSPS) is 10.7. The molecule has 0 aliphatic rings. The number of rotatable bonds is 6. The molecule has 0 saturated heterocycles. The summed E-state index contributed by atoms with van der Waals surface area (Å²) in [5.41, 5.74) is 1.05. The fourth-order valence-corrected chi connectivity index (χ4v) is 3.17. The number of fused-ring (bicyclic) bond motifs is 1. The predicted octanol–water partition coefficient (Wildman–Crippen LogP) is 4.49. The summed E-state index contributed by atoms with van der Waals surface area (Å²) < 4.78 is 6.64. The van der Waals surface area contributed by atoms with Gasteiger partial charge in [0.25, 0.3) is 0 Å². The van der Waals surface area contributed by atoms with Gasteiger partial charge in [0.2, 0.25) is 5.82 Å². The van der Waals surface area contributed by atoms with E-state index in [2.05, 4.69) is 41.2 Å². The van der Waals surface area contributed by atoms with E-state index >= 15 is 0 Å². The lowest BCUT2D eigenvalue weighted by Gasteiger charge is -2.11. The molecule has 0 aliphatic heterocycles. The lowest BCUT2D eigenvalue weighted by Crippen LogP contribution is -2.07. The number of ether oxygens (including phenoxy) is 1. The van der Waals surface area contributed by atoms with E-state index in [0.29, 0.717) is 17.8 Å². The van der Waals surface area contributed by atoms with Gasteiger partial charge in [0.15, 0.2) is 5.75 Å². The summed E-state index contributed by atoms with van der Waals surface area (Å²) in [5.74, 6) is 0.231. The van der Waals surface area contributed by atoms with Crippen LogP contribution in [0.2, 0.25) is 0 Å². The second-order valence-corrected chi connectivity index (χ2v) is 6.75. The predicted molar refractivity (Wildman–Crippen MR) is 110 cm³/mol. The van der Waals surface area contributed by atoms with Crippen molar-refractivity contribution in [3.05, 3.63) is 81.5 Å². The highest BCUT2D eigenvalue weighted by Gasteiger charge is 2.25. The van der Waals surface area contributed by atoms with Crippen molar-refractivity contribution in [3.8, 4) is 11.6 Å². The SMILES string of the molecule is O=[N+]([O-])c1c(NCc2cccnc2)ncnc1Oc1ccc(Br)c2cccnc12. The van der Waals surface area contributed by atoms with E-state index in [9.17, 15) is 10.1 Å². The lowest BCUT2D eigenvalue weighted by atomic mass is 10.2. The standard InChI is InChI=1S/C19H13BrN6O3/c20-14-5-6-15(16-13(14)4-2-8-22-16)29-19-17(26(27)28)18(24-11-25-19)23-10-12-3-1-7-21-9-12/h1-9,11H,10H2,(H,23,24,25). The van der Waals surface area contributed by atoms with Crippen molar-refractivity contribution in [1.29, 1.82) is 0 Å². The molecule has 0 radical (unpaired) electrons. The third-order valence-electron chi connectivity index (χ3n) is 4.04. The summed E-state index contributed by atoms with van der Waals surface area (Å²) in [6, 6.07) is 10.8. The Bertz CT molecular complexity index is 1190. The average Bonchev–Trinajstić information content (AvgIpc) is 2.75. The van der Waals surface area contributed by atoms with Gasteiger partial charge in [0.05, 0.1) is 4.92 Å². The van der Waals surface area contributed by atoms with Crippen LogP contribution in [-0.4, -0.2) is 24.9 Å². The van der Waals surface area contributed by atoms with Crippen LogP contribution in [0.25, 0.3) is 10.9 Å². The molecule has 0 bridgehead atoms. The second-order valence-electron chi connectivity index (χ2n) is 5.90. The van der Waals surface area contributed by atoms with Crippen LogP contribution in [0.1, 0.15) is 5.56 Å². The molecule has 29 heavy (non-hydrogen) atoms. The number of pyridine rings is 2. The Hall–Kier alpha value is -3.66. The maximum Gasteiger partial charge on any atom is 0.373 e. The zero-order chi connectivity index (χ0) is 20.2. The Morgan fingerprint density at radius 1 is 1.10 bits per heavy atom. The van der Waals surface area contributed by atoms with Gasteiger partial charge in [-0.15, -0.1) is 0 Å². The summed E-state index contributed by atoms with van der Waals surface area (Å²) in [6.07, 6.45) is 6.15. The molecule has 9 nitrogen and oxygen atoms in total. The van der Waals surface area contributed by atoms with Gasteiger partial charge in [-0.3, -0.25) is 20.1 Å². The fraction of sp³-hybridized carbons (Fsp3) is 0.0526. The number of halogens is 1. The van der Waals surface area contributed by atoms with Gasteiger partial charge >= 0.3 is 11.6 Å². The first kappa shape index (κ1) is 18.7. The van der Waals surface area contributed by atoms with E-state index in [1.807, 2.05) is 12.1 Å². The number of nitrogens with zero attached hydrogens (tertiary/aromatic N) is 5. The molecule has 1 aromatic carbocycles. The summed E-state index contributed by atoms with van der Waals surface area (Å²) >= 11 is 3.46. The molecule has 10 heteroatoms. The molecule has 0 unspecified atom stereocenters. The first-order valence-corrected chi connectivity index (χ1v) is 9.26. The number of benzene rings is 1.